The van der Waals surface area contributed by atoms with Crippen molar-refractivity contribution in [2.24, 2.45) is 5.73 Å². The molecule has 4 aromatic heterocycles. The zero-order valence-electron chi connectivity index (χ0n) is 45.5. The van der Waals surface area contributed by atoms with E-state index in [0.717, 1.165) is 116 Å². The Hall–Kier alpha value is -7.12. The lowest BCUT2D eigenvalue weighted by Gasteiger charge is -2.10. The van der Waals surface area contributed by atoms with Gasteiger partial charge in [-0.1, -0.05) is 137 Å². The maximum Gasteiger partial charge on any atom is 0.127 e. The summed E-state index contributed by atoms with van der Waals surface area (Å²) in [6.07, 6.45) is 23.8. The van der Waals surface area contributed by atoms with Crippen LogP contribution in [0.2, 0.25) is 0 Å². The molecule has 4 heterocycles. The van der Waals surface area contributed by atoms with Gasteiger partial charge in [-0.25, -0.2) is 19.9 Å². The molecule has 0 amide bonds. The Bertz CT molecular complexity index is 3230. The minimum absolute atomic E-state index is 0.536. The number of rotatable bonds is 21. The number of aromatic nitrogens is 4. The molecule has 4 aromatic carbocycles. The summed E-state index contributed by atoms with van der Waals surface area (Å²) in [6, 6.07) is 37.0. The third-order valence-electron chi connectivity index (χ3n) is 13.5. The Kier molecular flexibility index (Phi) is 25.4. The molecule has 0 unspecified atom stereocenters. The van der Waals surface area contributed by atoms with Crippen LogP contribution in [0, 0.1) is 22.7 Å². The number of hydrogen-bond acceptors (Lipinski definition) is 11. The van der Waals surface area contributed by atoms with Crippen LogP contribution in [0.4, 0.5) is 23.3 Å². The Morgan fingerprint density at radius 3 is 1.22 bits per heavy atom. The van der Waals surface area contributed by atoms with Crippen LogP contribution < -0.4 is 28.7 Å². The second-order valence-electron chi connectivity index (χ2n) is 19.3. The van der Waals surface area contributed by atoms with Crippen molar-refractivity contribution in [3.05, 3.63) is 147 Å². The standard InChI is InChI=1S/C17H21N3.C17H19N3.C16H23N3.C14H17BrN2/c2*1-2-3-4-7-14-12-15-13(9-6-11-18)8-5-10-16(15)20-17(14)19;1-2-3-4-6-13-11-14-12(9-10-17)7-5-8-15(14)19-16(13)18;1-2-3-4-6-10-9-11-12(15)7-5-8-13(11)17-14(10)16/h5,8,10,12H,2-4,6-7,9H2,1H3,(H2,19,20);5-6,8-10,12H,2-4,7H2,1H3,(H2,19,20);5,7-8,11H,2-4,6,9-10,17H2,1H3,(H2,18,19);5,7-9H,2-4,6H2,1H3,(H2,16,17)/b;9-6+;;. The van der Waals surface area contributed by atoms with Gasteiger partial charge in [0.2, 0.25) is 0 Å². The first-order chi connectivity index (χ1) is 37.0. The highest BCUT2D eigenvalue weighted by molar-refractivity contribution is 9.10. The van der Waals surface area contributed by atoms with Crippen LogP contribution in [-0.2, 0) is 38.5 Å². The van der Waals surface area contributed by atoms with E-state index in [9.17, 15) is 0 Å². The van der Waals surface area contributed by atoms with E-state index in [1.807, 2.05) is 72.8 Å². The van der Waals surface area contributed by atoms with Gasteiger partial charge in [0.15, 0.2) is 0 Å². The molecule has 12 heteroatoms. The highest BCUT2D eigenvalue weighted by Gasteiger charge is 2.11. The first kappa shape index (κ1) is 59.8. The Morgan fingerprint density at radius 1 is 0.447 bits per heavy atom. The zero-order chi connectivity index (χ0) is 54.7. The molecule has 0 aliphatic carbocycles. The molecule has 0 aliphatic heterocycles. The molecule has 0 aliphatic rings. The molecule has 0 saturated heterocycles. The van der Waals surface area contributed by atoms with Crippen molar-refractivity contribution < 1.29 is 0 Å². The minimum atomic E-state index is 0.536. The molecule has 10 N–H and O–H groups in total. The molecule has 8 rings (SSSR count). The largest absolute Gasteiger partial charge is 0.383 e. The molecule has 0 atom stereocenters. The van der Waals surface area contributed by atoms with Crippen molar-refractivity contribution in [2.75, 3.05) is 29.5 Å². The van der Waals surface area contributed by atoms with Crippen LogP contribution in [0.25, 0.3) is 49.7 Å². The summed E-state index contributed by atoms with van der Waals surface area (Å²) in [5.41, 5.74) is 41.6. The van der Waals surface area contributed by atoms with Crippen LogP contribution in [0.15, 0.2) is 108 Å². The molecular weight excluding hydrogens is 1000 g/mol. The molecule has 0 spiro atoms. The first-order valence-electron chi connectivity index (χ1n) is 27.5. The average Bonchev–Trinajstić information content (AvgIpc) is 3.42. The fraction of sp³-hybridized carbons (Fsp3) is 0.375. The zero-order valence-corrected chi connectivity index (χ0v) is 47.1. The van der Waals surface area contributed by atoms with Crippen molar-refractivity contribution in [3.8, 4) is 12.1 Å². The van der Waals surface area contributed by atoms with Crippen LogP contribution in [0.5, 0.6) is 0 Å². The van der Waals surface area contributed by atoms with Gasteiger partial charge in [0.25, 0.3) is 0 Å². The van der Waals surface area contributed by atoms with Crippen molar-refractivity contribution in [2.45, 2.75) is 150 Å². The van der Waals surface area contributed by atoms with E-state index in [0.29, 0.717) is 36.2 Å². The van der Waals surface area contributed by atoms with E-state index in [-0.39, 0.29) is 0 Å². The number of unbranched alkanes of at least 4 members (excludes halogenated alkanes) is 8. The molecule has 11 nitrogen and oxygen atoms in total. The van der Waals surface area contributed by atoms with Gasteiger partial charge in [0.05, 0.1) is 34.2 Å². The van der Waals surface area contributed by atoms with Crippen molar-refractivity contribution in [3.63, 3.8) is 0 Å². The maximum absolute atomic E-state index is 8.76. The van der Waals surface area contributed by atoms with Crippen LogP contribution in [0.3, 0.4) is 0 Å². The molecule has 0 bridgehead atoms. The van der Waals surface area contributed by atoms with E-state index in [1.54, 1.807) is 0 Å². The van der Waals surface area contributed by atoms with Crippen LogP contribution in [0.1, 0.15) is 150 Å². The van der Waals surface area contributed by atoms with Crippen LogP contribution in [-0.4, -0.2) is 26.5 Å². The van der Waals surface area contributed by atoms with E-state index in [1.165, 1.54) is 92.4 Å². The number of nitrogens with two attached hydrogens (primary N) is 5. The maximum atomic E-state index is 8.76. The minimum Gasteiger partial charge on any atom is -0.383 e. The lowest BCUT2D eigenvalue weighted by atomic mass is 10.00. The van der Waals surface area contributed by atoms with E-state index < -0.39 is 0 Å². The number of hydrogen-bond donors (Lipinski definition) is 5. The SMILES string of the molecule is CCCCCc1cc2c(/C=C/C#N)cccc2nc1N.CCCCCc1cc2c(Br)cccc2nc1N.CCCCCc1cc2c(CCC#N)cccc2nc1N.CCCCCc1cc2c(CCN)cccc2nc1N. The monoisotopic (exact) mass is 1080 g/mol. The number of halogens is 1. The molecule has 8 aromatic rings. The van der Waals surface area contributed by atoms with Gasteiger partial charge in [0.1, 0.15) is 23.3 Å². The summed E-state index contributed by atoms with van der Waals surface area (Å²) in [4.78, 5) is 18.0. The van der Waals surface area contributed by atoms with E-state index in [4.69, 9.17) is 39.2 Å². The molecule has 0 radical (unpaired) electrons. The van der Waals surface area contributed by atoms with Gasteiger partial charge in [-0.2, -0.15) is 10.5 Å². The number of pyridine rings is 4. The van der Waals surface area contributed by atoms with Gasteiger partial charge >= 0.3 is 0 Å². The molecule has 0 saturated carbocycles. The number of allylic oxidation sites excluding steroid dienone is 1. The summed E-state index contributed by atoms with van der Waals surface area (Å²) in [5, 5.41) is 22.0. The highest BCUT2D eigenvalue weighted by atomic mass is 79.9. The van der Waals surface area contributed by atoms with Crippen molar-refractivity contribution >= 4 is 88.9 Å². The Labute approximate surface area is 460 Å². The summed E-state index contributed by atoms with van der Waals surface area (Å²) >= 11 is 3.56. The predicted octanol–water partition coefficient (Wildman–Crippen LogP) is 15.5. The van der Waals surface area contributed by atoms with Gasteiger partial charge in [-0.05, 0) is 170 Å². The molecule has 0 fully saturated rings. The van der Waals surface area contributed by atoms with Gasteiger partial charge < -0.3 is 28.7 Å². The number of fused-ring (bicyclic) bond motifs is 4. The number of nitrogens with zero attached hydrogens (tertiary/aromatic N) is 6. The summed E-state index contributed by atoms with van der Waals surface area (Å²) in [7, 11) is 0. The van der Waals surface area contributed by atoms with Gasteiger partial charge in [-0.3, -0.25) is 0 Å². The Balaban J connectivity index is 0.000000187. The molecular formula is C64H80BrN11. The fourth-order valence-electron chi connectivity index (χ4n) is 9.23. The van der Waals surface area contributed by atoms with E-state index >= 15 is 0 Å². The fourth-order valence-corrected chi connectivity index (χ4v) is 9.70. The summed E-state index contributed by atoms with van der Waals surface area (Å²) in [6.45, 7) is 9.46. The predicted molar refractivity (Wildman–Crippen MR) is 327 cm³/mol. The number of nitriles is 2. The second-order valence-corrected chi connectivity index (χ2v) is 20.2. The number of benzene rings is 4. The molecule has 76 heavy (non-hydrogen) atoms. The topological polar surface area (TPSA) is 229 Å². The molecule has 398 valence electrons. The van der Waals surface area contributed by atoms with Crippen LogP contribution >= 0.6 is 15.9 Å². The average molecular weight is 1080 g/mol. The lowest BCUT2D eigenvalue weighted by Crippen LogP contribution is -2.04. The van der Waals surface area contributed by atoms with Gasteiger partial charge in [-0.15, -0.1) is 0 Å². The van der Waals surface area contributed by atoms with E-state index in [2.05, 4.69) is 106 Å². The van der Waals surface area contributed by atoms with Gasteiger partial charge in [0, 0.05) is 38.5 Å². The highest BCUT2D eigenvalue weighted by Crippen LogP contribution is 2.29. The second kappa shape index (κ2) is 32.3. The summed E-state index contributed by atoms with van der Waals surface area (Å²) < 4.78 is 1.08. The quantitative estimate of drug-likeness (QED) is 0.0336. The number of nitrogen functional groups attached to an aromatic ring is 4. The Morgan fingerprint density at radius 2 is 0.816 bits per heavy atom. The normalized spacial score (nSPS) is 10.9. The lowest BCUT2D eigenvalue weighted by molar-refractivity contribution is 0.717. The van der Waals surface area contributed by atoms with Crippen molar-refractivity contribution in [1.82, 2.24) is 19.9 Å². The summed E-state index contributed by atoms with van der Waals surface area (Å²) in [5.74, 6) is 2.61. The third-order valence-corrected chi connectivity index (χ3v) is 14.2. The van der Waals surface area contributed by atoms with Crippen molar-refractivity contribution in [1.29, 1.82) is 10.5 Å². The first-order valence-corrected chi connectivity index (χ1v) is 28.3. The number of aryl methyl sites for hydroxylation is 5. The smallest absolute Gasteiger partial charge is 0.127 e. The third kappa shape index (κ3) is 17.7. The number of anilines is 4.